The molecule has 0 amide bonds. The number of hydrogen-bond donors (Lipinski definition) is 0. The predicted molar refractivity (Wildman–Crippen MR) is 322 cm³/mol. The summed E-state index contributed by atoms with van der Waals surface area (Å²) in [5, 5.41) is 0. The molecule has 0 spiro atoms. The lowest BCUT2D eigenvalue weighted by atomic mass is 10.0. The summed E-state index contributed by atoms with van der Waals surface area (Å²) in [5.41, 5.74) is 8.29. The van der Waals surface area contributed by atoms with Crippen molar-refractivity contribution in [3.05, 3.63) is 192 Å². The average Bonchev–Trinajstić information content (AvgIpc) is 3.48. The maximum atomic E-state index is 13.0. The first-order valence-corrected chi connectivity index (χ1v) is 28.9. The van der Waals surface area contributed by atoms with E-state index in [0.717, 1.165) is 70.9 Å². The van der Waals surface area contributed by atoms with E-state index < -0.39 is 11.9 Å². The number of carbonyl (C=O) groups is 2. The standard InChI is InChI=1S/C70H80N2O6/c1-3-5-7-9-11-13-15-17-19-21-50-75-65-42-34-59(35-43-65)57-26-30-61(31-27-57)69(73)77-67-46-38-63(39-47-67)71-53-55-24-23-25-56(52-55)54-72-64-40-48-68(49-41-64)78-70(74)62-32-28-58(29-33-62)60-36-44-66(45-37-60)76-51-22-20-18-16-14-12-10-8-6-4-2/h23-49,52-54H,3-22,50-51H2,1-2H3. The van der Waals surface area contributed by atoms with Crippen molar-refractivity contribution in [2.24, 2.45) is 9.98 Å². The van der Waals surface area contributed by atoms with E-state index in [1.54, 1.807) is 61.0 Å². The lowest BCUT2D eigenvalue weighted by Crippen LogP contribution is -2.08. The Balaban J connectivity index is 0.784. The molecule has 0 bridgehead atoms. The van der Waals surface area contributed by atoms with Gasteiger partial charge in [-0.15, -0.1) is 0 Å². The van der Waals surface area contributed by atoms with Crippen molar-refractivity contribution in [3.63, 3.8) is 0 Å². The third kappa shape index (κ3) is 20.8. The third-order valence-electron chi connectivity index (χ3n) is 13.9. The van der Waals surface area contributed by atoms with E-state index in [1.165, 1.54) is 116 Å². The highest BCUT2D eigenvalue weighted by atomic mass is 16.5. The van der Waals surface area contributed by atoms with E-state index >= 15 is 0 Å². The topological polar surface area (TPSA) is 95.8 Å². The molecule has 7 aromatic carbocycles. The Morgan fingerprint density at radius 2 is 0.641 bits per heavy atom. The van der Waals surface area contributed by atoms with Crippen LogP contribution in [0.25, 0.3) is 22.3 Å². The maximum absolute atomic E-state index is 13.0. The van der Waals surface area contributed by atoms with E-state index in [2.05, 4.69) is 48.1 Å². The number of ether oxygens (including phenoxy) is 4. The zero-order chi connectivity index (χ0) is 54.2. The van der Waals surface area contributed by atoms with Gasteiger partial charge >= 0.3 is 11.9 Å². The maximum Gasteiger partial charge on any atom is 0.343 e. The number of nitrogens with zero attached hydrogens (tertiary/aromatic N) is 2. The SMILES string of the molecule is CCCCCCCCCCCCOc1ccc(-c2ccc(C(=O)Oc3ccc(N=Cc4cccc(C=Nc5ccc(OC(=O)c6ccc(-c7ccc(OCCCCCCCCCCCC)cc7)cc6)cc5)c4)cc3)cc2)cc1. The monoisotopic (exact) mass is 1040 g/mol. The summed E-state index contributed by atoms with van der Waals surface area (Å²) in [6.45, 7) is 6.01. The molecule has 8 heteroatoms. The molecule has 0 N–H and O–H groups in total. The van der Waals surface area contributed by atoms with Gasteiger partial charge in [-0.3, -0.25) is 9.98 Å². The lowest BCUT2D eigenvalue weighted by Gasteiger charge is -2.09. The first-order chi connectivity index (χ1) is 38.4. The van der Waals surface area contributed by atoms with E-state index in [-0.39, 0.29) is 0 Å². The van der Waals surface area contributed by atoms with Gasteiger partial charge in [0.1, 0.15) is 23.0 Å². The van der Waals surface area contributed by atoms with Gasteiger partial charge in [0.2, 0.25) is 0 Å². The number of aliphatic imine (C=N–C) groups is 2. The number of rotatable bonds is 34. The van der Waals surface area contributed by atoms with Crippen LogP contribution in [0.3, 0.4) is 0 Å². The van der Waals surface area contributed by atoms with Crippen LogP contribution in [0.1, 0.15) is 174 Å². The van der Waals surface area contributed by atoms with Crippen LogP contribution in [-0.2, 0) is 0 Å². The second kappa shape index (κ2) is 33.5. The smallest absolute Gasteiger partial charge is 0.343 e. The van der Waals surface area contributed by atoms with Crippen LogP contribution >= 0.6 is 0 Å². The fraction of sp³-hybridized carbons (Fsp3) is 0.343. The molecule has 0 aliphatic carbocycles. The Morgan fingerprint density at radius 3 is 0.974 bits per heavy atom. The van der Waals surface area contributed by atoms with Crippen molar-refractivity contribution >= 4 is 35.7 Å². The highest BCUT2D eigenvalue weighted by molar-refractivity contribution is 5.93. The molecule has 78 heavy (non-hydrogen) atoms. The summed E-state index contributed by atoms with van der Waals surface area (Å²) in [6.07, 6.45) is 29.7. The molecular weight excluding hydrogens is 965 g/mol. The minimum Gasteiger partial charge on any atom is -0.494 e. The number of benzene rings is 7. The summed E-state index contributed by atoms with van der Waals surface area (Å²) < 4.78 is 23.4. The summed E-state index contributed by atoms with van der Waals surface area (Å²) in [5.74, 6) is 1.76. The van der Waals surface area contributed by atoms with Crippen LogP contribution < -0.4 is 18.9 Å². The zero-order valence-corrected chi connectivity index (χ0v) is 46.2. The van der Waals surface area contributed by atoms with Crippen LogP contribution in [-0.4, -0.2) is 37.6 Å². The molecule has 0 saturated carbocycles. The Morgan fingerprint density at radius 1 is 0.346 bits per heavy atom. The number of esters is 2. The fourth-order valence-electron chi connectivity index (χ4n) is 9.19. The largest absolute Gasteiger partial charge is 0.494 e. The van der Waals surface area contributed by atoms with E-state index in [4.69, 9.17) is 18.9 Å². The van der Waals surface area contributed by atoms with E-state index in [9.17, 15) is 9.59 Å². The molecule has 7 aromatic rings. The second-order valence-corrected chi connectivity index (χ2v) is 20.2. The van der Waals surface area contributed by atoms with Crippen LogP contribution in [0.15, 0.2) is 180 Å². The lowest BCUT2D eigenvalue weighted by molar-refractivity contribution is 0.0725. The van der Waals surface area contributed by atoms with Crippen molar-refractivity contribution in [3.8, 4) is 45.3 Å². The zero-order valence-electron chi connectivity index (χ0n) is 46.2. The molecule has 0 fully saturated rings. The van der Waals surface area contributed by atoms with Gasteiger partial charge in [0, 0.05) is 12.4 Å². The van der Waals surface area contributed by atoms with E-state index in [0.29, 0.717) is 34.0 Å². The molecule has 7 rings (SSSR count). The Hall–Kier alpha value is -7.58. The Bertz CT molecular complexity index is 2680. The van der Waals surface area contributed by atoms with Gasteiger partial charge in [0.05, 0.1) is 35.7 Å². The average molecular weight is 1050 g/mol. The van der Waals surface area contributed by atoms with Crippen molar-refractivity contribution in [2.45, 2.75) is 142 Å². The van der Waals surface area contributed by atoms with Crippen LogP contribution in [0.4, 0.5) is 11.4 Å². The molecule has 0 radical (unpaired) electrons. The minimum absolute atomic E-state index is 0.429. The Labute approximate surface area is 465 Å². The summed E-state index contributed by atoms with van der Waals surface area (Å²) >= 11 is 0. The molecule has 0 unspecified atom stereocenters. The predicted octanol–water partition coefficient (Wildman–Crippen LogP) is 19.6. The van der Waals surface area contributed by atoms with Gasteiger partial charge in [-0.2, -0.15) is 0 Å². The number of hydrogen-bond acceptors (Lipinski definition) is 8. The normalized spacial score (nSPS) is 11.3. The second-order valence-electron chi connectivity index (χ2n) is 20.2. The molecule has 8 nitrogen and oxygen atoms in total. The highest BCUT2D eigenvalue weighted by Gasteiger charge is 2.12. The van der Waals surface area contributed by atoms with Crippen molar-refractivity contribution in [1.82, 2.24) is 0 Å². The van der Waals surface area contributed by atoms with Crippen LogP contribution in [0, 0.1) is 0 Å². The molecule has 0 aliphatic rings. The molecule has 406 valence electrons. The van der Waals surface area contributed by atoms with Gasteiger partial charge in [-0.05, 0) is 149 Å². The molecule has 0 saturated heterocycles. The summed E-state index contributed by atoms with van der Waals surface area (Å²) in [4.78, 5) is 35.3. The first kappa shape index (κ1) is 58.1. The van der Waals surface area contributed by atoms with Gasteiger partial charge in [-0.1, -0.05) is 196 Å². The first-order valence-electron chi connectivity index (χ1n) is 28.9. The summed E-state index contributed by atoms with van der Waals surface area (Å²) in [7, 11) is 0. The molecule has 0 aromatic heterocycles. The molecule has 0 atom stereocenters. The van der Waals surface area contributed by atoms with Crippen molar-refractivity contribution < 1.29 is 28.5 Å². The van der Waals surface area contributed by atoms with Crippen molar-refractivity contribution in [1.29, 1.82) is 0 Å². The quantitative estimate of drug-likeness (QED) is 0.0173. The molecular formula is C70H80N2O6. The highest BCUT2D eigenvalue weighted by Crippen LogP contribution is 2.27. The van der Waals surface area contributed by atoms with Gasteiger partial charge in [-0.25, -0.2) is 9.59 Å². The van der Waals surface area contributed by atoms with Gasteiger partial charge < -0.3 is 18.9 Å². The Kier molecular flexibility index (Phi) is 25.0. The van der Waals surface area contributed by atoms with Gasteiger partial charge in [0.25, 0.3) is 0 Å². The molecule has 0 aliphatic heterocycles. The number of carbonyl (C=O) groups excluding carboxylic acids is 2. The third-order valence-corrected chi connectivity index (χ3v) is 13.9. The molecule has 0 heterocycles. The fourth-order valence-corrected chi connectivity index (χ4v) is 9.19. The minimum atomic E-state index is -0.429. The number of unbranched alkanes of at least 4 members (excludes halogenated alkanes) is 18. The van der Waals surface area contributed by atoms with Gasteiger partial charge in [0.15, 0.2) is 0 Å². The van der Waals surface area contributed by atoms with Crippen molar-refractivity contribution in [2.75, 3.05) is 13.2 Å². The van der Waals surface area contributed by atoms with E-state index in [1.807, 2.05) is 97.1 Å². The summed E-state index contributed by atoms with van der Waals surface area (Å²) in [6, 6.07) is 53.2. The van der Waals surface area contributed by atoms with Crippen LogP contribution in [0.2, 0.25) is 0 Å². The van der Waals surface area contributed by atoms with Crippen LogP contribution in [0.5, 0.6) is 23.0 Å².